The first kappa shape index (κ1) is 25.2. The Hall–Kier alpha value is -3.02. The maximum atomic E-state index is 12.3. The van der Waals surface area contributed by atoms with Crippen molar-refractivity contribution in [2.24, 2.45) is 5.10 Å². The Morgan fingerprint density at radius 1 is 1.16 bits per heavy atom. The molecule has 0 radical (unpaired) electrons. The van der Waals surface area contributed by atoms with Crippen LogP contribution in [0.5, 0.6) is 11.5 Å². The molecule has 0 aliphatic heterocycles. The largest absolute Gasteiger partial charge is 0.513 e. The number of anilines is 1. The summed E-state index contributed by atoms with van der Waals surface area (Å²) in [5, 5.41) is 3.94. The van der Waals surface area contributed by atoms with E-state index >= 15 is 0 Å². The number of ether oxygens (including phenoxy) is 3. The quantitative estimate of drug-likeness (QED) is 0.254. The molecule has 0 fully saturated rings. The molecule has 10 nitrogen and oxygen atoms in total. The van der Waals surface area contributed by atoms with Crippen molar-refractivity contribution in [2.75, 3.05) is 31.3 Å². The first-order chi connectivity index (χ1) is 15.1. The number of carbonyl (C=O) groups is 2. The van der Waals surface area contributed by atoms with Gasteiger partial charge in [0.05, 0.1) is 42.4 Å². The number of hydrogen-bond donors (Lipinski definition) is 1. The molecule has 0 spiro atoms. The summed E-state index contributed by atoms with van der Waals surface area (Å²) in [5.41, 5.74) is 2.79. The topological polar surface area (TPSA) is 124 Å². The Labute approximate surface area is 194 Å². The van der Waals surface area contributed by atoms with Gasteiger partial charge >= 0.3 is 6.16 Å². The maximum absolute atomic E-state index is 12.3. The summed E-state index contributed by atoms with van der Waals surface area (Å²) < 4.78 is 39.7. The molecule has 0 saturated heterocycles. The van der Waals surface area contributed by atoms with E-state index in [0.29, 0.717) is 5.56 Å². The summed E-state index contributed by atoms with van der Waals surface area (Å²) in [5.74, 6) is -0.368. The average molecular weight is 504 g/mol. The fraction of sp³-hybridized carbons (Fsp3) is 0.211. The summed E-state index contributed by atoms with van der Waals surface area (Å²) in [6.07, 6.45) is 1.32. The molecular formula is C19H19Cl2N3O7S. The van der Waals surface area contributed by atoms with Crippen molar-refractivity contribution in [2.45, 2.75) is 0 Å². The third kappa shape index (κ3) is 6.74. The molecule has 2 rings (SSSR count). The molecule has 0 aliphatic carbocycles. The van der Waals surface area contributed by atoms with Crippen LogP contribution in [-0.2, 0) is 19.6 Å². The first-order valence-electron chi connectivity index (χ1n) is 8.74. The van der Waals surface area contributed by atoms with Crippen molar-refractivity contribution >= 4 is 57.2 Å². The second-order valence-corrected chi connectivity index (χ2v) is 8.79. The van der Waals surface area contributed by atoms with Gasteiger partial charge in [-0.05, 0) is 35.9 Å². The first-order valence-corrected chi connectivity index (χ1v) is 11.3. The molecule has 0 atom stereocenters. The number of hydrogen-bond acceptors (Lipinski definition) is 8. The molecule has 13 heteroatoms. The zero-order valence-corrected chi connectivity index (χ0v) is 19.5. The molecule has 2 aromatic rings. The Morgan fingerprint density at radius 3 is 2.50 bits per heavy atom. The fourth-order valence-electron chi connectivity index (χ4n) is 2.39. The Kier molecular flexibility index (Phi) is 8.70. The molecule has 0 heterocycles. The van der Waals surface area contributed by atoms with E-state index in [9.17, 15) is 18.0 Å². The highest BCUT2D eigenvalue weighted by Crippen LogP contribution is 2.33. The molecule has 32 heavy (non-hydrogen) atoms. The van der Waals surface area contributed by atoms with E-state index in [1.807, 2.05) is 0 Å². The van der Waals surface area contributed by atoms with Crippen LogP contribution >= 0.6 is 23.2 Å². The van der Waals surface area contributed by atoms with E-state index in [0.717, 1.165) is 10.6 Å². The van der Waals surface area contributed by atoms with Crippen molar-refractivity contribution in [3.05, 3.63) is 52.0 Å². The summed E-state index contributed by atoms with van der Waals surface area (Å²) in [4.78, 5) is 23.5. The van der Waals surface area contributed by atoms with E-state index in [4.69, 9.17) is 32.7 Å². The Bertz CT molecular complexity index is 1140. The molecule has 2 aromatic carbocycles. The van der Waals surface area contributed by atoms with Gasteiger partial charge in [0.15, 0.2) is 11.5 Å². The van der Waals surface area contributed by atoms with Gasteiger partial charge in [0.25, 0.3) is 5.91 Å². The van der Waals surface area contributed by atoms with Gasteiger partial charge in [0.2, 0.25) is 10.0 Å². The number of rotatable bonds is 8. The van der Waals surface area contributed by atoms with Crippen LogP contribution in [0.15, 0.2) is 41.5 Å². The van der Waals surface area contributed by atoms with Gasteiger partial charge in [-0.1, -0.05) is 29.3 Å². The Morgan fingerprint density at radius 2 is 1.88 bits per heavy atom. The van der Waals surface area contributed by atoms with Crippen LogP contribution in [0, 0.1) is 0 Å². The van der Waals surface area contributed by atoms with Gasteiger partial charge in [0, 0.05) is 0 Å². The molecule has 0 unspecified atom stereocenters. The highest BCUT2D eigenvalue weighted by molar-refractivity contribution is 7.92. The van der Waals surface area contributed by atoms with Crippen LogP contribution in [0.3, 0.4) is 0 Å². The lowest BCUT2D eigenvalue weighted by molar-refractivity contribution is -0.119. The number of halogens is 2. The molecule has 0 saturated carbocycles. The number of nitrogens with one attached hydrogen (secondary N) is 1. The van der Waals surface area contributed by atoms with Crippen LogP contribution in [0.25, 0.3) is 0 Å². The normalized spacial score (nSPS) is 11.2. The second kappa shape index (κ2) is 11.0. The maximum Gasteiger partial charge on any atom is 0.513 e. The predicted octanol–water partition coefficient (Wildman–Crippen LogP) is 3.06. The van der Waals surface area contributed by atoms with Gasteiger partial charge in [-0.15, -0.1) is 0 Å². The van der Waals surface area contributed by atoms with E-state index in [1.165, 1.54) is 50.8 Å². The lowest BCUT2D eigenvalue weighted by Crippen LogP contribution is -2.39. The number of amides is 1. The number of hydrazone groups is 1. The molecule has 1 amide bonds. The van der Waals surface area contributed by atoms with Crippen LogP contribution in [0.1, 0.15) is 5.56 Å². The highest BCUT2D eigenvalue weighted by Gasteiger charge is 2.23. The molecule has 172 valence electrons. The van der Waals surface area contributed by atoms with Gasteiger partial charge < -0.3 is 14.2 Å². The monoisotopic (exact) mass is 503 g/mol. The van der Waals surface area contributed by atoms with Crippen molar-refractivity contribution in [3.8, 4) is 11.5 Å². The van der Waals surface area contributed by atoms with E-state index in [-0.39, 0.29) is 27.2 Å². The van der Waals surface area contributed by atoms with E-state index < -0.39 is 28.6 Å². The molecular weight excluding hydrogens is 485 g/mol. The average Bonchev–Trinajstić information content (AvgIpc) is 2.74. The summed E-state index contributed by atoms with van der Waals surface area (Å²) in [7, 11) is -1.30. The lowest BCUT2D eigenvalue weighted by Gasteiger charge is -2.22. The van der Waals surface area contributed by atoms with Crippen LogP contribution in [-0.4, -0.2) is 53.7 Å². The SMILES string of the molecule is COC(=O)Oc1ccc(/C=N\NC(=O)CN(c2cccc(Cl)c2Cl)S(C)(=O)=O)cc1OC. The zero-order valence-electron chi connectivity index (χ0n) is 17.2. The minimum absolute atomic E-state index is 0.00255. The van der Waals surface area contributed by atoms with Crippen molar-refractivity contribution < 1.29 is 32.2 Å². The van der Waals surface area contributed by atoms with Gasteiger partial charge in [-0.25, -0.2) is 18.6 Å². The van der Waals surface area contributed by atoms with Crippen LogP contribution in [0.2, 0.25) is 10.0 Å². The number of nitrogens with zero attached hydrogens (tertiary/aromatic N) is 2. The van der Waals surface area contributed by atoms with Crippen LogP contribution < -0.4 is 19.2 Å². The lowest BCUT2D eigenvalue weighted by atomic mass is 10.2. The zero-order chi connectivity index (χ0) is 23.9. The minimum atomic E-state index is -3.85. The number of sulfonamides is 1. The second-order valence-electron chi connectivity index (χ2n) is 6.10. The van der Waals surface area contributed by atoms with E-state index in [1.54, 1.807) is 6.07 Å². The summed E-state index contributed by atoms with van der Waals surface area (Å²) in [6.45, 7) is -0.578. The third-order valence-electron chi connectivity index (χ3n) is 3.84. The number of benzene rings is 2. The van der Waals surface area contributed by atoms with Crippen molar-refractivity contribution in [1.82, 2.24) is 5.43 Å². The number of methoxy groups -OCH3 is 2. The fourth-order valence-corrected chi connectivity index (χ4v) is 3.70. The predicted molar refractivity (Wildman–Crippen MR) is 120 cm³/mol. The Balaban J connectivity index is 2.12. The van der Waals surface area contributed by atoms with Crippen LogP contribution in [0.4, 0.5) is 10.5 Å². The van der Waals surface area contributed by atoms with E-state index in [2.05, 4.69) is 15.3 Å². The smallest absolute Gasteiger partial charge is 0.493 e. The molecule has 0 aromatic heterocycles. The minimum Gasteiger partial charge on any atom is -0.493 e. The van der Waals surface area contributed by atoms with Crippen molar-refractivity contribution in [1.29, 1.82) is 0 Å². The summed E-state index contributed by atoms with van der Waals surface area (Å²) >= 11 is 12.0. The van der Waals surface area contributed by atoms with Gasteiger partial charge in [0.1, 0.15) is 6.54 Å². The standard InChI is InChI=1S/C19H19Cl2N3O7S/c1-29-16-9-12(7-8-15(16)31-19(26)30-2)10-22-23-17(25)11-24(32(3,27)28)14-6-4-5-13(20)18(14)21/h4-10H,11H2,1-3H3,(H,23,25)/b22-10-. The highest BCUT2D eigenvalue weighted by atomic mass is 35.5. The van der Waals surface area contributed by atoms with Gasteiger partial charge in [-0.3, -0.25) is 9.10 Å². The third-order valence-corrected chi connectivity index (χ3v) is 5.77. The van der Waals surface area contributed by atoms with Gasteiger partial charge in [-0.2, -0.15) is 5.10 Å². The molecule has 1 N–H and O–H groups in total. The molecule has 0 bridgehead atoms. The molecule has 0 aliphatic rings. The summed E-state index contributed by atoms with van der Waals surface area (Å²) in [6, 6.07) is 8.93. The number of carbonyl (C=O) groups excluding carboxylic acids is 2. The van der Waals surface area contributed by atoms with Crippen molar-refractivity contribution in [3.63, 3.8) is 0 Å².